The maximum atomic E-state index is 11.5. The standard InChI is InChI=1S/C13H15NO5S/c1-9(15)20-8-11(12(16)17)14-13(18)19-7-10-5-3-2-4-6-10/h2-6,11H,7-8H2,1H3,(H,14,18)(H,16,17). The molecule has 1 rings (SSSR count). The molecule has 0 bridgehead atoms. The number of carbonyl (C=O) groups is 3. The molecule has 0 aliphatic rings. The van der Waals surface area contributed by atoms with Gasteiger partial charge in [-0.05, 0) is 5.56 Å². The van der Waals surface area contributed by atoms with E-state index in [1.54, 1.807) is 24.3 Å². The monoisotopic (exact) mass is 297 g/mol. The van der Waals surface area contributed by atoms with E-state index in [1.807, 2.05) is 6.07 Å². The van der Waals surface area contributed by atoms with Crippen LogP contribution in [0.25, 0.3) is 0 Å². The van der Waals surface area contributed by atoms with Gasteiger partial charge in [-0.1, -0.05) is 42.1 Å². The van der Waals surface area contributed by atoms with Crippen molar-refractivity contribution in [3.8, 4) is 0 Å². The van der Waals surface area contributed by atoms with Crippen LogP contribution in [0, 0.1) is 0 Å². The first kappa shape index (κ1) is 16.0. The van der Waals surface area contributed by atoms with Crippen LogP contribution >= 0.6 is 11.8 Å². The molecule has 0 saturated heterocycles. The van der Waals surface area contributed by atoms with Gasteiger partial charge >= 0.3 is 12.1 Å². The lowest BCUT2D eigenvalue weighted by molar-refractivity contribution is -0.138. The minimum absolute atomic E-state index is 0.0366. The summed E-state index contributed by atoms with van der Waals surface area (Å²) in [7, 11) is 0. The zero-order valence-corrected chi connectivity index (χ0v) is 11.7. The number of nitrogens with one attached hydrogen (secondary N) is 1. The molecule has 0 spiro atoms. The molecule has 1 amide bonds. The highest BCUT2D eigenvalue weighted by Gasteiger charge is 2.21. The van der Waals surface area contributed by atoms with Crippen molar-refractivity contribution in [3.05, 3.63) is 35.9 Å². The fourth-order valence-electron chi connectivity index (χ4n) is 1.28. The van der Waals surface area contributed by atoms with Gasteiger partial charge in [-0.3, -0.25) is 4.79 Å². The summed E-state index contributed by atoms with van der Waals surface area (Å²) in [6.45, 7) is 1.39. The molecule has 1 atom stereocenters. The van der Waals surface area contributed by atoms with Crippen LogP contribution < -0.4 is 5.32 Å². The molecule has 0 aliphatic carbocycles. The highest BCUT2D eigenvalue weighted by atomic mass is 32.2. The topological polar surface area (TPSA) is 92.7 Å². The number of alkyl carbamates (subject to hydrolysis) is 1. The average Bonchev–Trinajstić information content (AvgIpc) is 2.41. The zero-order chi connectivity index (χ0) is 15.0. The van der Waals surface area contributed by atoms with Gasteiger partial charge in [0.25, 0.3) is 0 Å². The van der Waals surface area contributed by atoms with Gasteiger partial charge < -0.3 is 15.2 Å². The Morgan fingerprint density at radius 3 is 2.50 bits per heavy atom. The summed E-state index contributed by atoms with van der Waals surface area (Å²) in [5, 5.41) is 10.9. The Labute approximate surface area is 120 Å². The lowest BCUT2D eigenvalue weighted by Gasteiger charge is -2.13. The van der Waals surface area contributed by atoms with E-state index in [4.69, 9.17) is 9.84 Å². The number of rotatable bonds is 6. The van der Waals surface area contributed by atoms with Gasteiger partial charge in [0.2, 0.25) is 0 Å². The molecule has 0 fully saturated rings. The molecule has 6 nitrogen and oxygen atoms in total. The van der Waals surface area contributed by atoms with Crippen LogP contribution in [0.1, 0.15) is 12.5 Å². The summed E-state index contributed by atoms with van der Waals surface area (Å²) < 4.78 is 4.91. The van der Waals surface area contributed by atoms with Crippen molar-refractivity contribution < 1.29 is 24.2 Å². The van der Waals surface area contributed by atoms with Gasteiger partial charge in [-0.2, -0.15) is 0 Å². The van der Waals surface area contributed by atoms with Crippen LogP contribution in [0.4, 0.5) is 4.79 Å². The smallest absolute Gasteiger partial charge is 0.408 e. The summed E-state index contributed by atoms with van der Waals surface area (Å²) in [5.41, 5.74) is 0.799. The zero-order valence-electron chi connectivity index (χ0n) is 10.9. The quantitative estimate of drug-likeness (QED) is 0.829. The number of amides is 1. The van der Waals surface area contributed by atoms with Gasteiger partial charge in [0.1, 0.15) is 12.6 Å². The van der Waals surface area contributed by atoms with Gasteiger partial charge in [0.15, 0.2) is 5.12 Å². The molecule has 7 heteroatoms. The van der Waals surface area contributed by atoms with Crippen molar-refractivity contribution in [2.75, 3.05) is 5.75 Å². The third kappa shape index (κ3) is 6.24. The lowest BCUT2D eigenvalue weighted by Crippen LogP contribution is -2.43. The second-order valence-electron chi connectivity index (χ2n) is 3.90. The molecule has 1 aromatic carbocycles. The Morgan fingerprint density at radius 2 is 1.95 bits per heavy atom. The summed E-state index contributed by atoms with van der Waals surface area (Å²) in [6, 6.07) is 7.86. The number of carboxylic acid groups (broad SMARTS) is 1. The van der Waals surface area contributed by atoms with E-state index in [0.717, 1.165) is 17.3 Å². The lowest BCUT2D eigenvalue weighted by atomic mass is 10.2. The number of ether oxygens (including phenoxy) is 1. The average molecular weight is 297 g/mol. The molecular formula is C13H15NO5S. The van der Waals surface area contributed by atoms with Crippen molar-refractivity contribution in [1.29, 1.82) is 0 Å². The Balaban J connectivity index is 2.41. The van der Waals surface area contributed by atoms with Crippen molar-refractivity contribution in [3.63, 3.8) is 0 Å². The van der Waals surface area contributed by atoms with Gasteiger partial charge in [-0.25, -0.2) is 9.59 Å². The number of hydrogen-bond acceptors (Lipinski definition) is 5. The van der Waals surface area contributed by atoms with Crippen molar-refractivity contribution in [2.24, 2.45) is 0 Å². The minimum atomic E-state index is -1.21. The minimum Gasteiger partial charge on any atom is -0.480 e. The Morgan fingerprint density at radius 1 is 1.30 bits per heavy atom. The molecule has 0 aliphatic heterocycles. The van der Waals surface area contributed by atoms with Crippen LogP contribution in [0.15, 0.2) is 30.3 Å². The maximum absolute atomic E-state index is 11.5. The first-order valence-corrected chi connectivity index (χ1v) is 6.81. The van der Waals surface area contributed by atoms with Crippen LogP contribution in [0.2, 0.25) is 0 Å². The van der Waals surface area contributed by atoms with Crippen molar-refractivity contribution >= 4 is 28.9 Å². The second kappa shape index (κ2) is 8.21. The Kier molecular flexibility index (Phi) is 6.58. The van der Waals surface area contributed by atoms with E-state index in [2.05, 4.69) is 5.32 Å². The molecule has 2 N–H and O–H groups in total. The summed E-state index contributed by atoms with van der Waals surface area (Å²) in [4.78, 5) is 33.2. The molecule has 0 aromatic heterocycles. The van der Waals surface area contributed by atoms with Crippen LogP contribution in [-0.4, -0.2) is 34.1 Å². The number of aliphatic carboxylic acids is 1. The SMILES string of the molecule is CC(=O)SCC(NC(=O)OCc1ccccc1)C(=O)O. The van der Waals surface area contributed by atoms with Crippen LogP contribution in [0.5, 0.6) is 0 Å². The molecule has 108 valence electrons. The molecular weight excluding hydrogens is 282 g/mol. The molecule has 20 heavy (non-hydrogen) atoms. The summed E-state index contributed by atoms with van der Waals surface area (Å²) in [5.74, 6) is -1.25. The van der Waals surface area contributed by atoms with E-state index >= 15 is 0 Å². The third-order valence-electron chi connectivity index (χ3n) is 2.26. The normalized spacial score (nSPS) is 11.4. The van der Waals surface area contributed by atoms with E-state index in [1.165, 1.54) is 6.92 Å². The summed E-state index contributed by atoms with van der Waals surface area (Å²) in [6.07, 6.45) is -0.828. The number of carbonyl (C=O) groups excluding carboxylic acids is 2. The Bertz CT molecular complexity index is 477. The van der Waals surface area contributed by atoms with Crippen LogP contribution in [0.3, 0.4) is 0 Å². The highest BCUT2D eigenvalue weighted by molar-refractivity contribution is 8.13. The van der Waals surface area contributed by atoms with Crippen molar-refractivity contribution in [1.82, 2.24) is 5.32 Å². The Hall–Kier alpha value is -2.02. The van der Waals surface area contributed by atoms with Crippen LogP contribution in [-0.2, 0) is 20.9 Å². The number of hydrogen-bond donors (Lipinski definition) is 2. The van der Waals surface area contributed by atoms with Gasteiger partial charge in [0.05, 0.1) is 0 Å². The molecule has 0 saturated carbocycles. The van der Waals surface area contributed by atoms with Gasteiger partial charge in [-0.15, -0.1) is 0 Å². The van der Waals surface area contributed by atoms with E-state index in [0.29, 0.717) is 0 Å². The number of thioether (sulfide) groups is 1. The fraction of sp³-hybridized carbons (Fsp3) is 0.308. The molecule has 1 unspecified atom stereocenters. The van der Waals surface area contributed by atoms with E-state index < -0.39 is 18.1 Å². The van der Waals surface area contributed by atoms with E-state index in [9.17, 15) is 14.4 Å². The largest absolute Gasteiger partial charge is 0.480 e. The maximum Gasteiger partial charge on any atom is 0.408 e. The number of carboxylic acids is 1. The second-order valence-corrected chi connectivity index (χ2v) is 5.10. The fourth-order valence-corrected chi connectivity index (χ4v) is 1.91. The van der Waals surface area contributed by atoms with E-state index in [-0.39, 0.29) is 17.5 Å². The third-order valence-corrected chi connectivity index (χ3v) is 3.16. The first-order valence-electron chi connectivity index (χ1n) is 5.82. The van der Waals surface area contributed by atoms with Crippen molar-refractivity contribution in [2.45, 2.75) is 19.6 Å². The molecule has 0 radical (unpaired) electrons. The highest BCUT2D eigenvalue weighted by Crippen LogP contribution is 2.05. The van der Waals surface area contributed by atoms with Gasteiger partial charge in [0, 0.05) is 12.7 Å². The predicted octanol–water partition coefficient (Wildman–Crippen LogP) is 1.65. The first-order chi connectivity index (χ1) is 9.49. The molecule has 0 heterocycles. The predicted molar refractivity (Wildman–Crippen MR) is 74.3 cm³/mol. The summed E-state index contributed by atoms with van der Waals surface area (Å²) >= 11 is 0.834. The molecule has 1 aromatic rings. The number of benzene rings is 1.